The number of ether oxygens (including phenoxy) is 2. The van der Waals surface area contributed by atoms with Gasteiger partial charge in [-0.15, -0.1) is 5.10 Å². The van der Waals surface area contributed by atoms with E-state index in [4.69, 9.17) is 14.7 Å². The lowest BCUT2D eigenvalue weighted by molar-refractivity contribution is -0.136. The number of nitriles is 1. The first-order chi connectivity index (χ1) is 11.8. The smallest absolute Gasteiger partial charge is 0.349 e. The van der Waals surface area contributed by atoms with Crippen molar-refractivity contribution in [2.45, 2.75) is 0 Å². The number of benzene rings is 2. The number of nitrogens with zero attached hydrogens (tertiary/aromatic N) is 5. The predicted molar refractivity (Wildman–Crippen MR) is 81.4 cm³/mol. The lowest BCUT2D eigenvalue weighted by atomic mass is 10.2. The van der Waals surface area contributed by atoms with Gasteiger partial charge in [0.1, 0.15) is 23.9 Å². The third-order valence-electron chi connectivity index (χ3n) is 3.03. The first-order valence-electron chi connectivity index (χ1n) is 6.92. The van der Waals surface area contributed by atoms with E-state index in [0.29, 0.717) is 17.1 Å². The molecule has 0 N–H and O–H groups in total. The van der Waals surface area contributed by atoms with Crippen molar-refractivity contribution in [3.05, 3.63) is 60.4 Å². The summed E-state index contributed by atoms with van der Waals surface area (Å²) in [5, 5.41) is 19.8. The molecular weight excluding hydrogens is 310 g/mol. The minimum Gasteiger partial charge on any atom is -0.481 e. The molecule has 8 heteroatoms. The number of carbonyl (C=O) groups is 1. The van der Waals surface area contributed by atoms with Gasteiger partial charge in [-0.3, -0.25) is 0 Å². The van der Waals surface area contributed by atoms with Crippen LogP contribution >= 0.6 is 0 Å². The maximum absolute atomic E-state index is 11.8. The van der Waals surface area contributed by atoms with Gasteiger partial charge in [0.05, 0.1) is 11.3 Å². The monoisotopic (exact) mass is 321 g/mol. The summed E-state index contributed by atoms with van der Waals surface area (Å²) in [6, 6.07) is 15.3. The summed E-state index contributed by atoms with van der Waals surface area (Å²) in [5.41, 5.74) is 1.09. The quantitative estimate of drug-likeness (QED) is 0.518. The highest BCUT2D eigenvalue weighted by Gasteiger charge is 2.09. The van der Waals surface area contributed by atoms with Crippen LogP contribution in [0.3, 0.4) is 0 Å². The van der Waals surface area contributed by atoms with Crippen LogP contribution in [0.1, 0.15) is 5.56 Å². The van der Waals surface area contributed by atoms with E-state index in [1.165, 1.54) is 11.0 Å². The van der Waals surface area contributed by atoms with Crippen LogP contribution in [-0.2, 0) is 4.79 Å². The zero-order chi connectivity index (χ0) is 16.8. The van der Waals surface area contributed by atoms with E-state index in [1.54, 1.807) is 48.5 Å². The minimum absolute atomic E-state index is 0.298. The highest BCUT2D eigenvalue weighted by atomic mass is 16.6. The van der Waals surface area contributed by atoms with E-state index in [0.717, 1.165) is 5.69 Å². The summed E-state index contributed by atoms with van der Waals surface area (Å²) in [6.45, 7) is -0.298. The van der Waals surface area contributed by atoms with E-state index >= 15 is 0 Å². The summed E-state index contributed by atoms with van der Waals surface area (Å²) in [4.78, 5) is 11.8. The van der Waals surface area contributed by atoms with Crippen LogP contribution in [0, 0.1) is 11.3 Å². The molecule has 3 aromatic rings. The second-order valence-electron chi connectivity index (χ2n) is 4.62. The molecule has 1 heterocycles. The molecule has 0 aliphatic carbocycles. The highest BCUT2D eigenvalue weighted by Crippen LogP contribution is 2.17. The van der Waals surface area contributed by atoms with E-state index in [2.05, 4.69) is 15.5 Å². The average molecular weight is 321 g/mol. The van der Waals surface area contributed by atoms with Gasteiger partial charge in [0, 0.05) is 0 Å². The van der Waals surface area contributed by atoms with Crippen molar-refractivity contribution in [1.29, 1.82) is 5.26 Å². The molecule has 0 amide bonds. The van der Waals surface area contributed by atoms with Crippen LogP contribution in [0.4, 0.5) is 0 Å². The topological polar surface area (TPSA) is 103 Å². The van der Waals surface area contributed by atoms with Crippen LogP contribution in [-0.4, -0.2) is 32.8 Å². The Kier molecular flexibility index (Phi) is 4.44. The molecule has 0 saturated heterocycles. The summed E-state index contributed by atoms with van der Waals surface area (Å²) >= 11 is 0. The molecule has 0 unspecified atom stereocenters. The van der Waals surface area contributed by atoms with Crippen molar-refractivity contribution in [2.75, 3.05) is 6.61 Å². The molecule has 3 rings (SSSR count). The highest BCUT2D eigenvalue weighted by molar-refractivity contribution is 5.74. The lowest BCUT2D eigenvalue weighted by Gasteiger charge is -2.08. The molecule has 0 atom stereocenters. The molecule has 0 aliphatic rings. The third-order valence-corrected chi connectivity index (χ3v) is 3.03. The largest absolute Gasteiger partial charge is 0.481 e. The molecular formula is C16H11N5O3. The first kappa shape index (κ1) is 15.2. The Labute approximate surface area is 136 Å². The maximum atomic E-state index is 11.8. The second kappa shape index (κ2) is 7.02. The zero-order valence-corrected chi connectivity index (χ0v) is 12.4. The molecule has 0 spiro atoms. The van der Waals surface area contributed by atoms with Crippen molar-refractivity contribution in [3.8, 4) is 23.3 Å². The van der Waals surface area contributed by atoms with E-state index in [1.807, 2.05) is 6.07 Å². The van der Waals surface area contributed by atoms with Crippen molar-refractivity contribution < 1.29 is 14.3 Å². The van der Waals surface area contributed by atoms with Gasteiger partial charge in [-0.1, -0.05) is 12.1 Å². The maximum Gasteiger partial charge on any atom is 0.349 e. The number of carbonyl (C=O) groups excluding carboxylic acids is 1. The molecule has 118 valence electrons. The SMILES string of the molecule is N#Cc1ccccc1OCC(=O)Oc1ccc(-n2cnnn2)cc1. The number of esters is 1. The molecule has 2 aromatic carbocycles. The van der Waals surface area contributed by atoms with E-state index < -0.39 is 5.97 Å². The Hall–Kier alpha value is -3.73. The third kappa shape index (κ3) is 3.53. The zero-order valence-electron chi connectivity index (χ0n) is 12.4. The van der Waals surface area contributed by atoms with Crippen LogP contribution in [0.5, 0.6) is 11.5 Å². The van der Waals surface area contributed by atoms with Crippen molar-refractivity contribution in [1.82, 2.24) is 20.2 Å². The summed E-state index contributed by atoms with van der Waals surface area (Å²) in [6.07, 6.45) is 1.46. The van der Waals surface area contributed by atoms with Crippen molar-refractivity contribution in [3.63, 3.8) is 0 Å². The van der Waals surface area contributed by atoms with Gasteiger partial charge in [-0.25, -0.2) is 9.48 Å². The number of para-hydroxylation sites is 1. The van der Waals surface area contributed by atoms with E-state index in [-0.39, 0.29) is 6.61 Å². The van der Waals surface area contributed by atoms with Crippen LogP contribution < -0.4 is 9.47 Å². The summed E-state index contributed by atoms with van der Waals surface area (Å²) in [7, 11) is 0. The number of hydrogen-bond acceptors (Lipinski definition) is 7. The number of tetrazole rings is 1. The van der Waals surface area contributed by atoms with Gasteiger partial charge in [0.25, 0.3) is 0 Å². The van der Waals surface area contributed by atoms with Crippen LogP contribution in [0.2, 0.25) is 0 Å². The average Bonchev–Trinajstić information content (AvgIpc) is 3.15. The molecule has 0 fully saturated rings. The fourth-order valence-corrected chi connectivity index (χ4v) is 1.93. The molecule has 0 saturated carbocycles. The Morgan fingerprint density at radius 3 is 2.67 bits per heavy atom. The second-order valence-corrected chi connectivity index (χ2v) is 4.62. The minimum atomic E-state index is -0.571. The molecule has 0 bridgehead atoms. The van der Waals surface area contributed by atoms with Gasteiger partial charge < -0.3 is 9.47 Å². The van der Waals surface area contributed by atoms with E-state index in [9.17, 15) is 4.79 Å². The van der Waals surface area contributed by atoms with Crippen molar-refractivity contribution >= 4 is 5.97 Å². The number of rotatable bonds is 5. The van der Waals surface area contributed by atoms with Gasteiger partial charge in [0.2, 0.25) is 0 Å². The fraction of sp³-hybridized carbons (Fsp3) is 0.0625. The standard InChI is InChI=1S/C16H11N5O3/c17-9-12-3-1-2-4-15(12)23-10-16(22)24-14-7-5-13(6-8-14)21-11-18-19-20-21/h1-8,11H,10H2. The van der Waals surface area contributed by atoms with Gasteiger partial charge >= 0.3 is 5.97 Å². The predicted octanol–water partition coefficient (Wildman–Crippen LogP) is 1.52. The Morgan fingerprint density at radius 1 is 1.17 bits per heavy atom. The summed E-state index contributed by atoms with van der Waals surface area (Å²) < 4.78 is 12.0. The van der Waals surface area contributed by atoms with Gasteiger partial charge in [0.15, 0.2) is 6.61 Å². The lowest BCUT2D eigenvalue weighted by Crippen LogP contribution is -2.18. The molecule has 0 radical (unpaired) electrons. The van der Waals surface area contributed by atoms with Gasteiger partial charge in [-0.05, 0) is 46.8 Å². The normalized spacial score (nSPS) is 9.96. The molecule has 0 aliphatic heterocycles. The number of aromatic nitrogens is 4. The molecule has 24 heavy (non-hydrogen) atoms. The Morgan fingerprint density at radius 2 is 1.96 bits per heavy atom. The molecule has 8 nitrogen and oxygen atoms in total. The molecule has 1 aromatic heterocycles. The Balaban J connectivity index is 1.58. The summed E-state index contributed by atoms with van der Waals surface area (Å²) in [5.74, 6) is 0.137. The van der Waals surface area contributed by atoms with Crippen LogP contribution in [0.25, 0.3) is 5.69 Å². The van der Waals surface area contributed by atoms with Gasteiger partial charge in [-0.2, -0.15) is 5.26 Å². The van der Waals surface area contributed by atoms with Crippen molar-refractivity contribution in [2.24, 2.45) is 0 Å². The Bertz CT molecular complexity index is 869. The van der Waals surface area contributed by atoms with Crippen LogP contribution in [0.15, 0.2) is 54.9 Å². The fourth-order valence-electron chi connectivity index (χ4n) is 1.93. The first-order valence-corrected chi connectivity index (χ1v) is 6.92. The number of hydrogen-bond donors (Lipinski definition) is 0.